The third kappa shape index (κ3) is 5.35. The van der Waals surface area contributed by atoms with Gasteiger partial charge in [-0.25, -0.2) is 18.4 Å². The molecule has 1 N–H and O–H groups in total. The fourth-order valence-corrected chi connectivity index (χ4v) is 7.75. The lowest BCUT2D eigenvalue weighted by Gasteiger charge is -2.35. The molecule has 1 saturated heterocycles. The molecule has 10 nitrogen and oxygen atoms in total. The van der Waals surface area contributed by atoms with Gasteiger partial charge < -0.3 is 9.88 Å². The Hall–Kier alpha value is -3.71. The van der Waals surface area contributed by atoms with Crippen molar-refractivity contribution in [1.82, 2.24) is 28.7 Å². The molecule has 4 heterocycles. The summed E-state index contributed by atoms with van der Waals surface area (Å²) in [6.07, 6.45) is 3.45. The highest BCUT2D eigenvalue weighted by Gasteiger charge is 2.29. The molecule has 212 valence electrons. The summed E-state index contributed by atoms with van der Waals surface area (Å²) in [5, 5.41) is 4.48. The van der Waals surface area contributed by atoms with Crippen LogP contribution in [0.15, 0.2) is 70.7 Å². The summed E-state index contributed by atoms with van der Waals surface area (Å²) < 4.78 is 30.5. The lowest BCUT2D eigenvalue weighted by Crippen LogP contribution is -2.50. The van der Waals surface area contributed by atoms with Crippen LogP contribution in [-0.2, 0) is 17.1 Å². The first-order valence-electron chi connectivity index (χ1n) is 13.5. The largest absolute Gasteiger partial charge is 0.366 e. The van der Waals surface area contributed by atoms with Crippen molar-refractivity contribution >= 4 is 48.3 Å². The van der Waals surface area contributed by atoms with E-state index in [1.165, 1.54) is 8.87 Å². The zero-order chi connectivity index (χ0) is 28.7. The molecule has 41 heavy (non-hydrogen) atoms. The minimum absolute atomic E-state index is 0.0733. The standard InChI is InChI=1S/C29H31N7O3S2/c1-19-7-8-21(16-30-19)23-5-4-6-24-27(23)31-18-32-28(24)33-20(2)17-35-11-13-36(14-12-35)41(38,39)22-9-10-25-26(15-22)40-29(37)34(25)3/h4-10,15-16,18,20H,11-14,17H2,1-3H3,(H,31,32,33)/t20-/m0/s1. The second-order valence-corrected chi connectivity index (χ2v) is 13.3. The number of anilines is 1. The van der Waals surface area contributed by atoms with E-state index >= 15 is 0 Å². The summed E-state index contributed by atoms with van der Waals surface area (Å²) in [6, 6.07) is 15.1. The zero-order valence-corrected chi connectivity index (χ0v) is 24.7. The van der Waals surface area contributed by atoms with Gasteiger partial charge in [0.25, 0.3) is 0 Å². The topological polar surface area (TPSA) is 113 Å². The highest BCUT2D eigenvalue weighted by Crippen LogP contribution is 2.30. The summed E-state index contributed by atoms with van der Waals surface area (Å²) in [6.45, 7) is 6.87. The Morgan fingerprint density at radius 3 is 2.59 bits per heavy atom. The number of nitrogens with one attached hydrogen (secondary N) is 1. The lowest BCUT2D eigenvalue weighted by atomic mass is 10.0. The Morgan fingerprint density at radius 1 is 1.02 bits per heavy atom. The van der Waals surface area contributed by atoms with Crippen LogP contribution in [0.5, 0.6) is 0 Å². The lowest BCUT2D eigenvalue weighted by molar-refractivity contribution is 0.184. The van der Waals surface area contributed by atoms with Crippen LogP contribution in [0, 0.1) is 6.92 Å². The van der Waals surface area contributed by atoms with Crippen molar-refractivity contribution in [2.45, 2.75) is 24.8 Å². The van der Waals surface area contributed by atoms with Crippen LogP contribution < -0.4 is 10.2 Å². The summed E-state index contributed by atoms with van der Waals surface area (Å²) in [5.74, 6) is 0.768. The van der Waals surface area contributed by atoms with Gasteiger partial charge in [0.2, 0.25) is 10.0 Å². The maximum Gasteiger partial charge on any atom is 0.307 e. The molecule has 6 rings (SSSR count). The van der Waals surface area contributed by atoms with E-state index in [9.17, 15) is 13.2 Å². The molecule has 0 radical (unpaired) electrons. The maximum atomic E-state index is 13.4. The molecular weight excluding hydrogens is 558 g/mol. The Kier molecular flexibility index (Phi) is 7.32. The molecule has 0 bridgehead atoms. The number of sulfonamides is 1. The number of hydrogen-bond donors (Lipinski definition) is 1. The molecule has 2 aromatic carbocycles. The number of pyridine rings is 1. The second-order valence-electron chi connectivity index (χ2n) is 10.4. The van der Waals surface area contributed by atoms with Crippen LogP contribution >= 0.6 is 11.3 Å². The molecule has 12 heteroatoms. The van der Waals surface area contributed by atoms with Gasteiger partial charge in [-0.3, -0.25) is 14.7 Å². The van der Waals surface area contributed by atoms with Crippen molar-refractivity contribution in [2.75, 3.05) is 38.0 Å². The molecule has 5 aromatic rings. The number of thiazole rings is 1. The number of fused-ring (bicyclic) bond motifs is 2. The highest BCUT2D eigenvalue weighted by molar-refractivity contribution is 7.89. The fraction of sp³-hybridized carbons (Fsp3) is 0.310. The second kappa shape index (κ2) is 10.9. The van der Waals surface area contributed by atoms with Gasteiger partial charge in [0.05, 0.1) is 20.6 Å². The zero-order valence-electron chi connectivity index (χ0n) is 23.1. The van der Waals surface area contributed by atoms with Crippen molar-refractivity contribution in [1.29, 1.82) is 0 Å². The summed E-state index contributed by atoms with van der Waals surface area (Å²) in [7, 11) is -1.95. The van der Waals surface area contributed by atoms with Crippen molar-refractivity contribution in [3.05, 3.63) is 76.4 Å². The van der Waals surface area contributed by atoms with Gasteiger partial charge in [-0.15, -0.1) is 0 Å². The molecule has 0 amide bonds. The fourth-order valence-electron chi connectivity index (χ4n) is 5.31. The van der Waals surface area contributed by atoms with Gasteiger partial charge in [-0.2, -0.15) is 4.31 Å². The number of nitrogens with zero attached hydrogens (tertiary/aromatic N) is 6. The number of benzene rings is 2. The molecule has 0 unspecified atom stereocenters. The Balaban J connectivity index is 1.11. The molecule has 1 atom stereocenters. The van der Waals surface area contributed by atoms with E-state index in [1.54, 1.807) is 31.6 Å². The smallest absolute Gasteiger partial charge is 0.307 e. The third-order valence-corrected chi connectivity index (χ3v) is 10.4. The van der Waals surface area contributed by atoms with Crippen LogP contribution in [0.2, 0.25) is 0 Å². The number of aromatic nitrogens is 4. The van der Waals surface area contributed by atoms with Crippen LogP contribution in [-0.4, -0.2) is 75.9 Å². The first-order valence-corrected chi connectivity index (χ1v) is 15.7. The van der Waals surface area contributed by atoms with E-state index in [-0.39, 0.29) is 15.8 Å². The number of piperazine rings is 1. The minimum Gasteiger partial charge on any atom is -0.366 e. The van der Waals surface area contributed by atoms with Gasteiger partial charge in [0.15, 0.2) is 0 Å². The summed E-state index contributed by atoms with van der Waals surface area (Å²) in [5.41, 5.74) is 4.58. The van der Waals surface area contributed by atoms with E-state index in [4.69, 9.17) is 0 Å². The van der Waals surface area contributed by atoms with Crippen molar-refractivity contribution in [2.24, 2.45) is 7.05 Å². The first-order chi connectivity index (χ1) is 19.7. The van der Waals surface area contributed by atoms with E-state index in [1.807, 2.05) is 37.4 Å². The SMILES string of the molecule is Cc1ccc(-c2cccc3c(N[C@@H](C)CN4CCN(S(=O)(=O)c5ccc6c(c5)sc(=O)n6C)CC4)ncnc23)cn1. The van der Waals surface area contributed by atoms with Gasteiger partial charge in [-0.05, 0) is 44.2 Å². The van der Waals surface area contributed by atoms with E-state index in [2.05, 4.69) is 38.2 Å². The molecular formula is C29H31N7O3S2. The number of para-hydroxylation sites is 1. The molecule has 1 fully saturated rings. The first kappa shape index (κ1) is 27.5. The van der Waals surface area contributed by atoms with Crippen LogP contribution in [0.3, 0.4) is 0 Å². The monoisotopic (exact) mass is 589 g/mol. The number of hydrogen-bond acceptors (Lipinski definition) is 9. The Bertz CT molecular complexity index is 1890. The van der Waals surface area contributed by atoms with Crippen molar-refractivity contribution in [3.8, 4) is 11.1 Å². The van der Waals surface area contributed by atoms with E-state index in [0.29, 0.717) is 30.9 Å². The third-order valence-electron chi connectivity index (χ3n) is 7.54. The highest BCUT2D eigenvalue weighted by atomic mass is 32.2. The van der Waals surface area contributed by atoms with Crippen LogP contribution in [0.1, 0.15) is 12.6 Å². The van der Waals surface area contributed by atoms with Crippen molar-refractivity contribution < 1.29 is 8.42 Å². The molecule has 3 aromatic heterocycles. The van der Waals surface area contributed by atoms with Crippen LogP contribution in [0.25, 0.3) is 32.2 Å². The summed E-state index contributed by atoms with van der Waals surface area (Å²) >= 11 is 1.06. The van der Waals surface area contributed by atoms with Crippen LogP contribution in [0.4, 0.5) is 5.82 Å². The van der Waals surface area contributed by atoms with Gasteiger partial charge >= 0.3 is 4.87 Å². The molecule has 1 aliphatic heterocycles. The number of rotatable bonds is 7. The van der Waals surface area contributed by atoms with Gasteiger partial charge in [-0.1, -0.05) is 29.5 Å². The quantitative estimate of drug-likeness (QED) is 0.306. The molecule has 0 saturated carbocycles. The van der Waals surface area contributed by atoms with E-state index < -0.39 is 10.0 Å². The average Bonchev–Trinajstić information content (AvgIpc) is 3.26. The molecule has 0 aliphatic carbocycles. The molecule has 0 spiro atoms. The Labute approximate surface area is 242 Å². The molecule has 1 aliphatic rings. The normalized spacial score (nSPS) is 15.9. The number of aryl methyl sites for hydroxylation is 2. The average molecular weight is 590 g/mol. The van der Waals surface area contributed by atoms with Gasteiger partial charge in [0.1, 0.15) is 12.1 Å². The minimum atomic E-state index is -3.65. The predicted octanol–water partition coefficient (Wildman–Crippen LogP) is 3.72. The van der Waals surface area contributed by atoms with E-state index in [0.717, 1.165) is 56.9 Å². The predicted molar refractivity (Wildman–Crippen MR) is 163 cm³/mol. The maximum absolute atomic E-state index is 13.4. The Morgan fingerprint density at radius 2 is 1.83 bits per heavy atom. The van der Waals surface area contributed by atoms with Crippen molar-refractivity contribution in [3.63, 3.8) is 0 Å². The summed E-state index contributed by atoms with van der Waals surface area (Å²) in [4.78, 5) is 27.9. The van der Waals surface area contributed by atoms with Gasteiger partial charge in [0, 0.05) is 74.2 Å².